The first-order valence-electron chi connectivity index (χ1n) is 5.56. The maximum absolute atomic E-state index is 5.71. The molecule has 1 atom stereocenters. The lowest BCUT2D eigenvalue weighted by Crippen LogP contribution is -2.22. The second-order valence-electron chi connectivity index (χ2n) is 4.36. The summed E-state index contributed by atoms with van der Waals surface area (Å²) >= 11 is 0. The number of nitrogens with zero attached hydrogens (tertiary/aromatic N) is 1. The van der Waals surface area contributed by atoms with Crippen LogP contribution in [-0.4, -0.2) is 24.5 Å². The van der Waals surface area contributed by atoms with Gasteiger partial charge in [-0.2, -0.15) is 0 Å². The van der Waals surface area contributed by atoms with Crippen molar-refractivity contribution in [2.75, 3.05) is 13.6 Å². The van der Waals surface area contributed by atoms with Gasteiger partial charge in [0.2, 0.25) is 0 Å². The monoisotopic (exact) mass is 210 g/mol. The van der Waals surface area contributed by atoms with E-state index < -0.39 is 0 Å². The lowest BCUT2D eigenvalue weighted by molar-refractivity contribution is 0.313. The van der Waals surface area contributed by atoms with Gasteiger partial charge in [-0.1, -0.05) is 0 Å². The maximum Gasteiger partial charge on any atom is 0.105 e. The molecule has 0 aliphatic carbocycles. The SMILES string of the molecule is Cc1occc1CN(C)CCCC(C)N. The second-order valence-corrected chi connectivity index (χ2v) is 4.36. The molecule has 0 aliphatic rings. The molecular weight excluding hydrogens is 188 g/mol. The van der Waals surface area contributed by atoms with E-state index in [4.69, 9.17) is 10.2 Å². The number of hydrogen-bond donors (Lipinski definition) is 1. The molecule has 86 valence electrons. The van der Waals surface area contributed by atoms with Gasteiger partial charge in [-0.05, 0) is 46.3 Å². The van der Waals surface area contributed by atoms with Crippen LogP contribution in [0, 0.1) is 6.92 Å². The largest absolute Gasteiger partial charge is 0.469 e. The minimum Gasteiger partial charge on any atom is -0.469 e. The van der Waals surface area contributed by atoms with E-state index >= 15 is 0 Å². The highest BCUT2D eigenvalue weighted by Gasteiger charge is 2.05. The number of rotatable bonds is 6. The fourth-order valence-electron chi connectivity index (χ4n) is 1.63. The average Bonchev–Trinajstić information content (AvgIpc) is 2.51. The van der Waals surface area contributed by atoms with Crippen LogP contribution in [-0.2, 0) is 6.54 Å². The van der Waals surface area contributed by atoms with Crippen LogP contribution in [0.5, 0.6) is 0 Å². The molecular formula is C12H22N2O. The first kappa shape index (κ1) is 12.3. The summed E-state index contributed by atoms with van der Waals surface area (Å²) in [6, 6.07) is 2.35. The van der Waals surface area contributed by atoms with Crippen LogP contribution < -0.4 is 5.73 Å². The van der Waals surface area contributed by atoms with Crippen LogP contribution in [0.25, 0.3) is 0 Å². The summed E-state index contributed by atoms with van der Waals surface area (Å²) in [5, 5.41) is 0. The molecule has 0 amide bonds. The van der Waals surface area contributed by atoms with Crippen molar-refractivity contribution in [2.24, 2.45) is 5.73 Å². The number of furan rings is 1. The lowest BCUT2D eigenvalue weighted by Gasteiger charge is -2.16. The molecule has 0 spiro atoms. The molecule has 15 heavy (non-hydrogen) atoms. The Morgan fingerprint density at radius 3 is 2.80 bits per heavy atom. The van der Waals surface area contributed by atoms with Gasteiger partial charge in [-0.15, -0.1) is 0 Å². The Bertz CT molecular complexity index is 281. The first-order valence-corrected chi connectivity index (χ1v) is 5.56. The molecule has 1 rings (SSSR count). The van der Waals surface area contributed by atoms with Crippen molar-refractivity contribution < 1.29 is 4.42 Å². The van der Waals surface area contributed by atoms with Crippen LogP contribution in [0.1, 0.15) is 31.1 Å². The van der Waals surface area contributed by atoms with Gasteiger partial charge < -0.3 is 15.1 Å². The van der Waals surface area contributed by atoms with Gasteiger partial charge in [0.25, 0.3) is 0 Å². The zero-order valence-corrected chi connectivity index (χ0v) is 9.99. The fourth-order valence-corrected chi connectivity index (χ4v) is 1.63. The molecule has 2 N–H and O–H groups in total. The predicted octanol–water partition coefficient (Wildman–Crippen LogP) is 2.15. The molecule has 0 bridgehead atoms. The Kier molecular flexibility index (Phi) is 4.85. The zero-order chi connectivity index (χ0) is 11.3. The van der Waals surface area contributed by atoms with Crippen molar-refractivity contribution in [1.82, 2.24) is 4.90 Å². The summed E-state index contributed by atoms with van der Waals surface area (Å²) < 4.78 is 5.26. The van der Waals surface area contributed by atoms with Gasteiger partial charge in [-0.3, -0.25) is 0 Å². The number of hydrogen-bond acceptors (Lipinski definition) is 3. The van der Waals surface area contributed by atoms with Crippen molar-refractivity contribution in [3.05, 3.63) is 23.7 Å². The first-order chi connectivity index (χ1) is 7.09. The van der Waals surface area contributed by atoms with E-state index in [-0.39, 0.29) is 0 Å². The average molecular weight is 210 g/mol. The lowest BCUT2D eigenvalue weighted by atomic mass is 10.2. The van der Waals surface area contributed by atoms with Crippen LogP contribution in [0.15, 0.2) is 16.7 Å². The van der Waals surface area contributed by atoms with Gasteiger partial charge >= 0.3 is 0 Å². The van der Waals surface area contributed by atoms with E-state index in [0.717, 1.165) is 31.7 Å². The summed E-state index contributed by atoms with van der Waals surface area (Å²) in [5.41, 5.74) is 6.98. The molecule has 1 unspecified atom stereocenters. The van der Waals surface area contributed by atoms with Gasteiger partial charge in [0, 0.05) is 18.2 Å². The van der Waals surface area contributed by atoms with E-state index in [0.29, 0.717) is 6.04 Å². The third-order valence-electron chi connectivity index (χ3n) is 2.61. The molecule has 1 aromatic heterocycles. The van der Waals surface area contributed by atoms with Gasteiger partial charge in [0.05, 0.1) is 6.26 Å². The molecule has 0 fully saturated rings. The molecule has 3 nitrogen and oxygen atoms in total. The third-order valence-corrected chi connectivity index (χ3v) is 2.61. The Hall–Kier alpha value is -0.800. The summed E-state index contributed by atoms with van der Waals surface area (Å²) in [6.07, 6.45) is 4.00. The number of aryl methyl sites for hydroxylation is 1. The van der Waals surface area contributed by atoms with Crippen molar-refractivity contribution >= 4 is 0 Å². The molecule has 1 aromatic rings. The third kappa shape index (κ3) is 4.49. The standard InChI is InChI=1S/C12H22N2O/c1-10(13)5-4-7-14(3)9-12-6-8-15-11(12)2/h6,8,10H,4-5,7,9,13H2,1-3H3. The molecule has 0 aliphatic heterocycles. The quantitative estimate of drug-likeness (QED) is 0.782. The molecule has 3 heteroatoms. The molecule has 0 radical (unpaired) electrons. The van der Waals surface area contributed by atoms with Crippen LogP contribution in [0.2, 0.25) is 0 Å². The summed E-state index contributed by atoms with van der Waals surface area (Å²) in [7, 11) is 2.13. The minimum absolute atomic E-state index is 0.314. The van der Waals surface area contributed by atoms with Crippen LogP contribution in [0.3, 0.4) is 0 Å². The maximum atomic E-state index is 5.71. The van der Waals surface area contributed by atoms with Gasteiger partial charge in [0.1, 0.15) is 5.76 Å². The predicted molar refractivity (Wildman–Crippen MR) is 62.7 cm³/mol. The highest BCUT2D eigenvalue weighted by atomic mass is 16.3. The van der Waals surface area contributed by atoms with E-state index in [9.17, 15) is 0 Å². The Labute approximate surface area is 92.2 Å². The van der Waals surface area contributed by atoms with Crippen LogP contribution >= 0.6 is 0 Å². The van der Waals surface area contributed by atoms with Crippen molar-refractivity contribution in [3.63, 3.8) is 0 Å². The van der Waals surface area contributed by atoms with Gasteiger partial charge in [0.15, 0.2) is 0 Å². The molecule has 1 heterocycles. The Morgan fingerprint density at radius 2 is 2.27 bits per heavy atom. The highest BCUT2D eigenvalue weighted by molar-refractivity contribution is 5.14. The number of nitrogens with two attached hydrogens (primary N) is 1. The summed E-state index contributed by atoms with van der Waals surface area (Å²) in [5.74, 6) is 1.02. The zero-order valence-electron chi connectivity index (χ0n) is 9.99. The van der Waals surface area contributed by atoms with Crippen molar-refractivity contribution in [2.45, 2.75) is 39.3 Å². The minimum atomic E-state index is 0.314. The normalized spacial score (nSPS) is 13.4. The Balaban J connectivity index is 2.24. The fraction of sp³-hybridized carbons (Fsp3) is 0.667. The second kappa shape index (κ2) is 5.93. The van der Waals surface area contributed by atoms with E-state index in [1.54, 1.807) is 6.26 Å². The topological polar surface area (TPSA) is 42.4 Å². The molecule has 0 saturated heterocycles. The van der Waals surface area contributed by atoms with Crippen LogP contribution in [0.4, 0.5) is 0 Å². The van der Waals surface area contributed by atoms with E-state index in [1.807, 2.05) is 13.0 Å². The van der Waals surface area contributed by atoms with E-state index in [2.05, 4.69) is 18.9 Å². The van der Waals surface area contributed by atoms with E-state index in [1.165, 1.54) is 5.56 Å². The molecule has 0 saturated carbocycles. The van der Waals surface area contributed by atoms with Crippen molar-refractivity contribution in [3.8, 4) is 0 Å². The van der Waals surface area contributed by atoms with Crippen molar-refractivity contribution in [1.29, 1.82) is 0 Å². The highest BCUT2D eigenvalue weighted by Crippen LogP contribution is 2.11. The summed E-state index contributed by atoms with van der Waals surface area (Å²) in [4.78, 5) is 2.31. The smallest absolute Gasteiger partial charge is 0.105 e. The van der Waals surface area contributed by atoms with Gasteiger partial charge in [-0.25, -0.2) is 0 Å². The summed E-state index contributed by atoms with van der Waals surface area (Å²) in [6.45, 7) is 6.11. The molecule has 0 aromatic carbocycles. The Morgan fingerprint density at radius 1 is 1.53 bits per heavy atom.